The first-order chi connectivity index (χ1) is 16.3. The van der Waals surface area contributed by atoms with Gasteiger partial charge in [-0.2, -0.15) is 0 Å². The molecule has 5 rings (SSSR count). The molecule has 1 amide bonds. The summed E-state index contributed by atoms with van der Waals surface area (Å²) in [4.78, 5) is 30.5. The second-order valence-electron chi connectivity index (χ2n) is 8.64. The van der Waals surface area contributed by atoms with E-state index in [9.17, 15) is 14.0 Å². The van der Waals surface area contributed by atoms with E-state index in [2.05, 4.69) is 14.2 Å². The first-order valence-corrected chi connectivity index (χ1v) is 11.6. The van der Waals surface area contributed by atoms with Crippen molar-refractivity contribution < 1.29 is 13.9 Å². The third kappa shape index (κ3) is 3.93. The molecule has 0 aliphatic carbocycles. The van der Waals surface area contributed by atoms with E-state index in [4.69, 9.17) is 4.74 Å². The van der Waals surface area contributed by atoms with Gasteiger partial charge in [0, 0.05) is 29.3 Å². The molecule has 0 fully saturated rings. The maximum atomic E-state index is 14.5. The maximum absolute atomic E-state index is 14.5. The van der Waals surface area contributed by atoms with Crippen LogP contribution in [0.25, 0.3) is 21.9 Å². The fraction of sp³-hybridized carbons (Fsp3) is 0.185. The summed E-state index contributed by atoms with van der Waals surface area (Å²) in [5.74, 6) is -0.565. The number of ether oxygens (including phenoxy) is 1. The van der Waals surface area contributed by atoms with Crippen LogP contribution in [-0.4, -0.2) is 29.4 Å². The van der Waals surface area contributed by atoms with Crippen LogP contribution in [0.3, 0.4) is 0 Å². The lowest BCUT2D eigenvalue weighted by molar-refractivity contribution is 0.0335. The zero-order valence-electron chi connectivity index (χ0n) is 18.9. The van der Waals surface area contributed by atoms with E-state index in [-0.39, 0.29) is 30.5 Å². The molecule has 2 atom stereocenters. The summed E-state index contributed by atoms with van der Waals surface area (Å²) < 4.78 is 20.2. The number of halogens is 1. The van der Waals surface area contributed by atoms with E-state index < -0.39 is 6.04 Å². The van der Waals surface area contributed by atoms with Gasteiger partial charge in [-0.25, -0.2) is 4.39 Å². The molecule has 1 aromatic heterocycles. The van der Waals surface area contributed by atoms with Crippen molar-refractivity contribution in [1.29, 1.82) is 0 Å². The lowest BCUT2D eigenvalue weighted by Gasteiger charge is -2.34. The molecule has 5 nitrogen and oxygen atoms in total. The van der Waals surface area contributed by atoms with Crippen LogP contribution in [0.5, 0.6) is 0 Å². The number of rotatable bonds is 3. The minimum atomic E-state index is -0.466. The number of nitrogens with zero attached hydrogens (tertiary/aromatic N) is 1. The van der Waals surface area contributed by atoms with Gasteiger partial charge in [-0.3, -0.25) is 9.59 Å². The van der Waals surface area contributed by atoms with Crippen LogP contribution in [0.4, 0.5) is 4.39 Å². The van der Waals surface area contributed by atoms with Crippen LogP contribution >= 0.6 is 9.24 Å². The summed E-state index contributed by atoms with van der Waals surface area (Å²) in [5, 5.41) is 2.03. The van der Waals surface area contributed by atoms with E-state index in [0.717, 1.165) is 22.0 Å². The predicted octanol–water partition coefficient (Wildman–Crippen LogP) is 4.49. The molecular formula is C27H24FN2O3P. The zero-order chi connectivity index (χ0) is 24.0. The maximum Gasteiger partial charge on any atom is 0.256 e. The van der Waals surface area contributed by atoms with Crippen LogP contribution in [0.2, 0.25) is 0 Å². The molecule has 172 valence electrons. The summed E-state index contributed by atoms with van der Waals surface area (Å²) in [6.07, 6.45) is 0. The number of H-pyrrole nitrogens is 1. The molecule has 0 radical (unpaired) electrons. The molecule has 1 aliphatic heterocycles. The second-order valence-corrected chi connectivity index (χ2v) is 9.31. The monoisotopic (exact) mass is 474 g/mol. The van der Waals surface area contributed by atoms with Gasteiger partial charge in [0.2, 0.25) is 0 Å². The third-order valence-corrected chi connectivity index (χ3v) is 6.83. The van der Waals surface area contributed by atoms with Gasteiger partial charge in [-0.05, 0) is 58.6 Å². The van der Waals surface area contributed by atoms with Gasteiger partial charge < -0.3 is 14.6 Å². The fourth-order valence-electron chi connectivity index (χ4n) is 4.51. The van der Waals surface area contributed by atoms with Gasteiger partial charge in [-0.1, -0.05) is 36.4 Å². The van der Waals surface area contributed by atoms with E-state index in [1.54, 1.807) is 37.1 Å². The number of pyridine rings is 1. The second kappa shape index (κ2) is 8.79. The highest BCUT2D eigenvalue weighted by molar-refractivity contribution is 7.27. The smallest absolute Gasteiger partial charge is 0.256 e. The topological polar surface area (TPSA) is 62.4 Å². The molecule has 0 spiro atoms. The Kier molecular flexibility index (Phi) is 5.80. The largest absolute Gasteiger partial charge is 0.373 e. The number of amides is 1. The molecule has 3 aromatic carbocycles. The lowest BCUT2D eigenvalue weighted by Crippen LogP contribution is -2.37. The van der Waals surface area contributed by atoms with E-state index >= 15 is 0 Å². The molecule has 4 aromatic rings. The summed E-state index contributed by atoms with van der Waals surface area (Å²) in [5.41, 5.74) is 4.04. The average molecular weight is 474 g/mol. The highest BCUT2D eigenvalue weighted by atomic mass is 31.0. The molecule has 7 heteroatoms. The molecule has 0 saturated heterocycles. The van der Waals surface area contributed by atoms with Crippen molar-refractivity contribution in [3.63, 3.8) is 0 Å². The predicted molar refractivity (Wildman–Crippen MR) is 135 cm³/mol. The van der Waals surface area contributed by atoms with Crippen molar-refractivity contribution >= 4 is 31.2 Å². The Hall–Kier alpha value is -3.34. The van der Waals surface area contributed by atoms with Crippen molar-refractivity contribution in [1.82, 2.24) is 9.88 Å². The number of carbonyl (C=O) groups excluding carboxylic acids is 1. The number of benzene rings is 3. The number of hydrogen-bond acceptors (Lipinski definition) is 3. The van der Waals surface area contributed by atoms with Crippen LogP contribution < -0.4 is 10.9 Å². The SMILES string of the molecule is Cc1cc2c(=O)[nH]c3c(c2cc1F)C(N(C)C(=O)c1ccc(-c2ccc(P)cc2)cc1)COC3. The summed E-state index contributed by atoms with van der Waals surface area (Å²) in [6.45, 7) is 2.09. The number of nitrogens with one attached hydrogen (secondary N) is 1. The van der Waals surface area contributed by atoms with Crippen LogP contribution in [-0.2, 0) is 11.3 Å². The van der Waals surface area contributed by atoms with Gasteiger partial charge in [0.25, 0.3) is 11.5 Å². The van der Waals surface area contributed by atoms with Gasteiger partial charge in [0.1, 0.15) is 5.82 Å². The number of fused-ring (bicyclic) bond motifs is 3. The van der Waals surface area contributed by atoms with Gasteiger partial charge >= 0.3 is 0 Å². The Morgan fingerprint density at radius 3 is 2.38 bits per heavy atom. The van der Waals surface area contributed by atoms with Gasteiger partial charge in [0.15, 0.2) is 0 Å². The molecular weight excluding hydrogens is 450 g/mol. The van der Waals surface area contributed by atoms with Gasteiger partial charge in [-0.15, -0.1) is 9.24 Å². The first kappa shape index (κ1) is 22.5. The number of hydrogen-bond donors (Lipinski definition) is 1. The minimum Gasteiger partial charge on any atom is -0.373 e. The number of aromatic nitrogens is 1. The first-order valence-electron chi connectivity index (χ1n) is 11.0. The lowest BCUT2D eigenvalue weighted by atomic mass is 9.94. The molecule has 2 heterocycles. The normalized spacial score (nSPS) is 15.2. The van der Waals surface area contributed by atoms with Crippen LogP contribution in [0.1, 0.15) is 33.2 Å². The number of aromatic amines is 1. The Labute approximate surface area is 198 Å². The molecule has 0 saturated carbocycles. The molecule has 0 bridgehead atoms. The van der Waals surface area contributed by atoms with Crippen molar-refractivity contribution in [3.8, 4) is 11.1 Å². The Balaban J connectivity index is 1.50. The number of carbonyl (C=O) groups is 1. The van der Waals surface area contributed by atoms with Crippen molar-refractivity contribution in [2.45, 2.75) is 19.6 Å². The number of aryl methyl sites for hydroxylation is 1. The molecule has 2 unspecified atom stereocenters. The Morgan fingerprint density at radius 2 is 1.71 bits per heavy atom. The molecule has 34 heavy (non-hydrogen) atoms. The zero-order valence-corrected chi connectivity index (χ0v) is 20.0. The van der Waals surface area contributed by atoms with Crippen molar-refractivity contribution in [2.24, 2.45) is 0 Å². The third-order valence-electron chi connectivity index (χ3n) is 6.44. The van der Waals surface area contributed by atoms with E-state index in [0.29, 0.717) is 27.6 Å². The van der Waals surface area contributed by atoms with E-state index in [1.165, 1.54) is 6.07 Å². The standard InChI is InChI=1S/C27H24FN2O3P/c1-15-11-21-20(12-22(15)28)25-23(29-26(21)31)13-33-14-24(25)30(2)27(32)18-5-3-16(4-6-18)17-7-9-19(34)10-8-17/h3-12,24H,13-14,34H2,1-2H3,(H,29,31). The van der Waals surface area contributed by atoms with Crippen molar-refractivity contribution in [3.05, 3.63) is 99.2 Å². The number of likely N-dealkylation sites (N-methyl/N-ethyl adjacent to an activating group) is 1. The molecule has 1 N–H and O–H groups in total. The average Bonchev–Trinajstić information content (AvgIpc) is 2.84. The Morgan fingerprint density at radius 1 is 1.06 bits per heavy atom. The highest BCUT2D eigenvalue weighted by Crippen LogP contribution is 2.34. The fourth-order valence-corrected chi connectivity index (χ4v) is 4.70. The minimum absolute atomic E-state index is 0.180. The highest BCUT2D eigenvalue weighted by Gasteiger charge is 2.31. The molecule has 1 aliphatic rings. The summed E-state index contributed by atoms with van der Waals surface area (Å²) in [7, 11) is 4.37. The summed E-state index contributed by atoms with van der Waals surface area (Å²) >= 11 is 0. The Bertz CT molecular complexity index is 1460. The van der Waals surface area contributed by atoms with Gasteiger partial charge in [0.05, 0.1) is 19.3 Å². The quantitative estimate of drug-likeness (QED) is 0.445. The van der Waals surface area contributed by atoms with Crippen molar-refractivity contribution in [2.75, 3.05) is 13.7 Å². The van der Waals surface area contributed by atoms with Crippen LogP contribution in [0, 0.1) is 12.7 Å². The summed E-state index contributed by atoms with van der Waals surface area (Å²) in [6, 6.07) is 18.1. The van der Waals surface area contributed by atoms with Crippen LogP contribution in [0.15, 0.2) is 65.5 Å². The van der Waals surface area contributed by atoms with E-state index in [1.807, 2.05) is 36.4 Å².